The van der Waals surface area contributed by atoms with Crippen molar-refractivity contribution in [2.24, 2.45) is 0 Å². The molecule has 0 aliphatic carbocycles. The van der Waals surface area contributed by atoms with Crippen molar-refractivity contribution in [3.8, 4) is 6.07 Å². The monoisotopic (exact) mass is 434 g/mol. The quantitative estimate of drug-likeness (QED) is 0.654. The van der Waals surface area contributed by atoms with Crippen LogP contribution in [0, 0.1) is 11.3 Å². The number of nitriles is 1. The van der Waals surface area contributed by atoms with Gasteiger partial charge in [-0.25, -0.2) is 0 Å². The van der Waals surface area contributed by atoms with Crippen molar-refractivity contribution >= 4 is 23.2 Å². The molecule has 3 rings (SSSR count). The standard InChI is InChI=1S/C25H30N4O3/c1-20(21-8-10-22(11-9-21)28-16-18-32-19-17-28)27-24(30)12-13-25(31)29(15-5-14-26)23-6-3-2-4-7-23/h2-4,6-11,20H,5,12-13,15-19H2,1H3,(H,27,30). The number of hydrogen-bond acceptors (Lipinski definition) is 5. The predicted molar refractivity (Wildman–Crippen MR) is 124 cm³/mol. The zero-order chi connectivity index (χ0) is 22.8. The Labute approximate surface area is 189 Å². The Morgan fingerprint density at radius 1 is 1.09 bits per heavy atom. The van der Waals surface area contributed by atoms with Crippen molar-refractivity contribution in [1.29, 1.82) is 5.26 Å². The third-order valence-electron chi connectivity index (χ3n) is 5.53. The molecule has 1 saturated heterocycles. The number of amides is 2. The van der Waals surface area contributed by atoms with E-state index < -0.39 is 0 Å². The van der Waals surface area contributed by atoms with E-state index in [1.807, 2.05) is 49.4 Å². The Morgan fingerprint density at radius 3 is 2.44 bits per heavy atom. The highest BCUT2D eigenvalue weighted by atomic mass is 16.5. The molecule has 168 valence electrons. The number of morpholine rings is 1. The van der Waals surface area contributed by atoms with E-state index in [1.54, 1.807) is 4.90 Å². The van der Waals surface area contributed by atoms with E-state index in [1.165, 1.54) is 0 Å². The number of nitrogens with zero attached hydrogens (tertiary/aromatic N) is 3. The van der Waals surface area contributed by atoms with Gasteiger partial charge in [-0.1, -0.05) is 30.3 Å². The second-order valence-corrected chi connectivity index (χ2v) is 7.77. The molecule has 0 aromatic heterocycles. The Kier molecular flexibility index (Phi) is 8.64. The summed E-state index contributed by atoms with van der Waals surface area (Å²) >= 11 is 0. The van der Waals surface area contributed by atoms with Crippen LogP contribution in [0.4, 0.5) is 11.4 Å². The smallest absolute Gasteiger partial charge is 0.227 e. The van der Waals surface area contributed by atoms with Crippen molar-refractivity contribution in [2.75, 3.05) is 42.6 Å². The van der Waals surface area contributed by atoms with Crippen LogP contribution in [0.1, 0.15) is 37.8 Å². The van der Waals surface area contributed by atoms with Gasteiger partial charge < -0.3 is 19.9 Å². The molecular formula is C25H30N4O3. The van der Waals surface area contributed by atoms with E-state index in [2.05, 4.69) is 28.4 Å². The summed E-state index contributed by atoms with van der Waals surface area (Å²) in [6.45, 7) is 5.50. The normalized spacial score (nSPS) is 14.3. The summed E-state index contributed by atoms with van der Waals surface area (Å²) < 4.78 is 5.40. The molecule has 0 bridgehead atoms. The molecule has 2 amide bonds. The first-order chi connectivity index (χ1) is 15.6. The minimum absolute atomic E-state index is 0.0921. The fourth-order valence-electron chi connectivity index (χ4n) is 3.72. The highest BCUT2D eigenvalue weighted by Crippen LogP contribution is 2.20. The molecule has 1 heterocycles. The van der Waals surface area contributed by atoms with Crippen molar-refractivity contribution < 1.29 is 14.3 Å². The van der Waals surface area contributed by atoms with Gasteiger partial charge in [0.05, 0.1) is 31.7 Å². The molecule has 2 aromatic rings. The molecule has 0 radical (unpaired) electrons. The van der Waals surface area contributed by atoms with E-state index >= 15 is 0 Å². The molecule has 1 aliphatic rings. The average Bonchev–Trinajstić information content (AvgIpc) is 2.84. The first-order valence-electron chi connectivity index (χ1n) is 11.0. The summed E-state index contributed by atoms with van der Waals surface area (Å²) in [5.41, 5.74) is 2.91. The highest BCUT2D eigenvalue weighted by molar-refractivity contribution is 5.95. The van der Waals surface area contributed by atoms with E-state index in [4.69, 9.17) is 10.00 Å². The fraction of sp³-hybridized carbons (Fsp3) is 0.400. The van der Waals surface area contributed by atoms with Crippen LogP contribution in [0.3, 0.4) is 0 Å². The molecule has 7 heteroatoms. The summed E-state index contributed by atoms with van der Waals surface area (Å²) in [5, 5.41) is 11.9. The molecule has 1 unspecified atom stereocenters. The lowest BCUT2D eigenvalue weighted by atomic mass is 10.1. The summed E-state index contributed by atoms with van der Waals surface area (Å²) in [7, 11) is 0. The van der Waals surface area contributed by atoms with E-state index in [0.717, 1.165) is 43.2 Å². The Bertz CT molecular complexity index is 918. The van der Waals surface area contributed by atoms with E-state index in [0.29, 0.717) is 6.54 Å². The molecule has 0 spiro atoms. The summed E-state index contributed by atoms with van der Waals surface area (Å²) in [6, 6.07) is 19.3. The molecule has 1 fully saturated rings. The minimum Gasteiger partial charge on any atom is -0.378 e. The summed E-state index contributed by atoms with van der Waals surface area (Å²) in [5.74, 6) is -0.333. The second-order valence-electron chi connectivity index (χ2n) is 7.77. The minimum atomic E-state index is -0.170. The van der Waals surface area contributed by atoms with Gasteiger partial charge in [0.2, 0.25) is 11.8 Å². The Hall–Kier alpha value is -3.37. The number of rotatable bonds is 9. The molecule has 1 N–H and O–H groups in total. The van der Waals surface area contributed by atoms with Crippen LogP contribution < -0.4 is 15.1 Å². The van der Waals surface area contributed by atoms with Gasteiger partial charge in [0.15, 0.2) is 0 Å². The lowest BCUT2D eigenvalue weighted by molar-refractivity contribution is -0.125. The van der Waals surface area contributed by atoms with Gasteiger partial charge in [-0.15, -0.1) is 0 Å². The fourth-order valence-corrected chi connectivity index (χ4v) is 3.72. The van der Waals surface area contributed by atoms with E-state index in [9.17, 15) is 9.59 Å². The van der Waals surface area contributed by atoms with Crippen LogP contribution >= 0.6 is 0 Å². The van der Waals surface area contributed by atoms with Crippen molar-refractivity contribution in [3.05, 3.63) is 60.2 Å². The Morgan fingerprint density at radius 2 is 1.78 bits per heavy atom. The van der Waals surface area contributed by atoms with Crippen LogP contribution in [-0.2, 0) is 14.3 Å². The molecule has 1 atom stereocenters. The maximum absolute atomic E-state index is 12.7. The summed E-state index contributed by atoms with van der Waals surface area (Å²) in [4.78, 5) is 29.0. The number of para-hydroxylation sites is 1. The number of anilines is 2. The van der Waals surface area contributed by atoms with Crippen LogP contribution in [0.2, 0.25) is 0 Å². The zero-order valence-electron chi connectivity index (χ0n) is 18.5. The van der Waals surface area contributed by atoms with Crippen LogP contribution in [0.25, 0.3) is 0 Å². The molecule has 2 aromatic carbocycles. The maximum Gasteiger partial charge on any atom is 0.227 e. The van der Waals surface area contributed by atoms with Crippen molar-refractivity contribution in [1.82, 2.24) is 5.32 Å². The number of hydrogen-bond donors (Lipinski definition) is 1. The lowest BCUT2D eigenvalue weighted by Gasteiger charge is -2.29. The largest absolute Gasteiger partial charge is 0.378 e. The molecule has 1 aliphatic heterocycles. The van der Waals surface area contributed by atoms with Gasteiger partial charge in [-0.2, -0.15) is 5.26 Å². The lowest BCUT2D eigenvalue weighted by Crippen LogP contribution is -2.36. The maximum atomic E-state index is 12.7. The molecule has 32 heavy (non-hydrogen) atoms. The first kappa shape index (κ1) is 23.3. The van der Waals surface area contributed by atoms with Crippen molar-refractivity contribution in [2.45, 2.75) is 32.2 Å². The number of benzene rings is 2. The number of carbonyl (C=O) groups is 2. The zero-order valence-corrected chi connectivity index (χ0v) is 18.5. The van der Waals surface area contributed by atoms with Gasteiger partial charge in [0.25, 0.3) is 0 Å². The Balaban J connectivity index is 1.50. The van der Waals surface area contributed by atoms with Crippen molar-refractivity contribution in [3.63, 3.8) is 0 Å². The van der Waals surface area contributed by atoms with Gasteiger partial charge in [-0.3, -0.25) is 9.59 Å². The second kappa shape index (κ2) is 11.9. The third kappa shape index (κ3) is 6.56. The number of carbonyl (C=O) groups excluding carboxylic acids is 2. The third-order valence-corrected chi connectivity index (χ3v) is 5.53. The van der Waals surface area contributed by atoms with Crippen LogP contribution in [-0.4, -0.2) is 44.7 Å². The SMILES string of the molecule is CC(NC(=O)CCC(=O)N(CCC#N)c1ccccc1)c1ccc(N2CCOCC2)cc1. The predicted octanol–water partition coefficient (Wildman–Crippen LogP) is 3.43. The van der Waals surface area contributed by atoms with Gasteiger partial charge in [0.1, 0.15) is 0 Å². The van der Waals surface area contributed by atoms with Crippen LogP contribution in [0.5, 0.6) is 0 Å². The van der Waals surface area contributed by atoms with Crippen LogP contribution in [0.15, 0.2) is 54.6 Å². The van der Waals surface area contributed by atoms with Gasteiger partial charge in [-0.05, 0) is 36.8 Å². The van der Waals surface area contributed by atoms with Gasteiger partial charge in [0, 0.05) is 43.9 Å². The first-order valence-corrected chi connectivity index (χ1v) is 11.0. The molecular weight excluding hydrogens is 404 g/mol. The van der Waals surface area contributed by atoms with E-state index in [-0.39, 0.29) is 37.1 Å². The molecule has 7 nitrogen and oxygen atoms in total. The number of ether oxygens (including phenoxy) is 1. The summed E-state index contributed by atoms with van der Waals surface area (Å²) in [6.07, 6.45) is 0.435. The highest BCUT2D eigenvalue weighted by Gasteiger charge is 2.18. The topological polar surface area (TPSA) is 85.7 Å². The van der Waals surface area contributed by atoms with Gasteiger partial charge >= 0.3 is 0 Å². The number of nitrogens with one attached hydrogen (secondary N) is 1. The molecule has 0 saturated carbocycles. The average molecular weight is 435 g/mol.